The third-order valence-corrected chi connectivity index (χ3v) is 3.42. The van der Waals surface area contributed by atoms with Crippen molar-refractivity contribution in [1.82, 2.24) is 10.2 Å². The number of benzene rings is 1. The summed E-state index contributed by atoms with van der Waals surface area (Å²) >= 11 is 0. The van der Waals surface area contributed by atoms with E-state index in [4.69, 9.17) is 0 Å². The van der Waals surface area contributed by atoms with Crippen molar-refractivity contribution in [2.75, 3.05) is 26.2 Å². The molecule has 1 heterocycles. The molecule has 0 bridgehead atoms. The summed E-state index contributed by atoms with van der Waals surface area (Å²) in [5.41, 5.74) is -1.42. The first-order valence-corrected chi connectivity index (χ1v) is 5.91. The van der Waals surface area contributed by atoms with E-state index in [1.54, 1.807) is 6.92 Å². The van der Waals surface area contributed by atoms with Gasteiger partial charge in [-0.25, -0.2) is 8.78 Å². The highest BCUT2D eigenvalue weighted by Gasteiger charge is 2.39. The van der Waals surface area contributed by atoms with Crippen molar-refractivity contribution in [1.29, 1.82) is 5.26 Å². The molecule has 1 aliphatic rings. The van der Waals surface area contributed by atoms with Crippen LogP contribution in [0.1, 0.15) is 12.5 Å². The minimum absolute atomic E-state index is 0.158. The van der Waals surface area contributed by atoms with E-state index in [2.05, 4.69) is 11.4 Å². The predicted molar refractivity (Wildman–Crippen MR) is 63.8 cm³/mol. The van der Waals surface area contributed by atoms with Crippen molar-refractivity contribution in [2.45, 2.75) is 12.5 Å². The topological polar surface area (TPSA) is 39.1 Å². The molecular weight excluding hydrogens is 236 g/mol. The smallest absolute Gasteiger partial charge is 0.137 e. The number of rotatable bonds is 2. The van der Waals surface area contributed by atoms with Crippen LogP contribution < -0.4 is 5.32 Å². The van der Waals surface area contributed by atoms with Crippen molar-refractivity contribution >= 4 is 0 Å². The minimum Gasteiger partial charge on any atom is -0.314 e. The summed E-state index contributed by atoms with van der Waals surface area (Å²) in [6, 6.07) is 5.75. The maximum absolute atomic E-state index is 13.9. The van der Waals surface area contributed by atoms with E-state index in [1.165, 1.54) is 18.2 Å². The van der Waals surface area contributed by atoms with Crippen molar-refractivity contribution in [3.8, 4) is 6.07 Å². The van der Waals surface area contributed by atoms with Gasteiger partial charge in [0.25, 0.3) is 0 Å². The molecule has 0 aromatic heterocycles. The number of halogens is 2. The largest absolute Gasteiger partial charge is 0.314 e. The predicted octanol–water partition coefficient (Wildman–Crippen LogP) is 1.61. The van der Waals surface area contributed by atoms with Crippen LogP contribution in [0.15, 0.2) is 18.2 Å². The number of hydrogen-bond acceptors (Lipinski definition) is 3. The second-order valence-electron chi connectivity index (χ2n) is 4.52. The van der Waals surface area contributed by atoms with Gasteiger partial charge in [0.1, 0.15) is 17.2 Å². The Hall–Kier alpha value is -1.51. The molecule has 1 aromatic rings. The van der Waals surface area contributed by atoms with E-state index in [1.807, 2.05) is 4.90 Å². The van der Waals surface area contributed by atoms with Crippen LogP contribution in [0.3, 0.4) is 0 Å². The van der Waals surface area contributed by atoms with E-state index in [-0.39, 0.29) is 5.56 Å². The first-order valence-electron chi connectivity index (χ1n) is 5.91. The van der Waals surface area contributed by atoms with Gasteiger partial charge in [0.2, 0.25) is 0 Å². The van der Waals surface area contributed by atoms with Gasteiger partial charge in [-0.05, 0) is 19.1 Å². The van der Waals surface area contributed by atoms with Crippen molar-refractivity contribution in [3.05, 3.63) is 35.4 Å². The van der Waals surface area contributed by atoms with Crippen LogP contribution in [0, 0.1) is 23.0 Å². The fourth-order valence-corrected chi connectivity index (χ4v) is 2.36. The molecule has 0 saturated carbocycles. The minimum atomic E-state index is -1.27. The van der Waals surface area contributed by atoms with Crippen molar-refractivity contribution in [2.24, 2.45) is 0 Å². The Morgan fingerprint density at radius 2 is 1.83 bits per heavy atom. The number of piperazine rings is 1. The van der Waals surface area contributed by atoms with Gasteiger partial charge in [-0.3, -0.25) is 4.90 Å². The molecule has 3 nitrogen and oxygen atoms in total. The lowest BCUT2D eigenvalue weighted by atomic mass is 9.90. The highest BCUT2D eigenvalue weighted by molar-refractivity contribution is 5.33. The zero-order valence-corrected chi connectivity index (χ0v) is 10.2. The molecule has 5 heteroatoms. The Labute approximate surface area is 105 Å². The van der Waals surface area contributed by atoms with E-state index in [9.17, 15) is 14.0 Å². The molecule has 0 radical (unpaired) electrons. The first kappa shape index (κ1) is 12.9. The number of nitrogens with one attached hydrogen (secondary N) is 1. The molecule has 1 unspecified atom stereocenters. The second-order valence-corrected chi connectivity index (χ2v) is 4.52. The van der Waals surface area contributed by atoms with E-state index >= 15 is 0 Å². The lowest BCUT2D eigenvalue weighted by Gasteiger charge is -2.39. The summed E-state index contributed by atoms with van der Waals surface area (Å²) in [4.78, 5) is 1.81. The van der Waals surface area contributed by atoms with Gasteiger partial charge in [-0.15, -0.1) is 0 Å². The summed E-state index contributed by atoms with van der Waals surface area (Å²) in [6.07, 6.45) is 0. The van der Waals surface area contributed by atoms with Crippen LogP contribution in [0.2, 0.25) is 0 Å². The summed E-state index contributed by atoms with van der Waals surface area (Å²) in [5, 5.41) is 12.5. The quantitative estimate of drug-likeness (QED) is 0.868. The average molecular weight is 251 g/mol. The fraction of sp³-hybridized carbons (Fsp3) is 0.462. The van der Waals surface area contributed by atoms with Crippen LogP contribution in [0.4, 0.5) is 8.78 Å². The molecule has 1 atom stereocenters. The van der Waals surface area contributed by atoms with Crippen LogP contribution in [0.25, 0.3) is 0 Å². The Morgan fingerprint density at radius 3 is 2.33 bits per heavy atom. The maximum atomic E-state index is 13.9. The average Bonchev–Trinajstić information content (AvgIpc) is 2.39. The SMILES string of the molecule is CC(C#N)(c1c(F)cccc1F)N1CCNCC1. The third kappa shape index (κ3) is 2.09. The molecular formula is C13H15F2N3. The van der Waals surface area contributed by atoms with Crippen LogP contribution in [0.5, 0.6) is 0 Å². The fourth-order valence-electron chi connectivity index (χ4n) is 2.36. The Bertz CT molecular complexity index is 457. The van der Waals surface area contributed by atoms with Gasteiger partial charge in [0, 0.05) is 26.2 Å². The number of hydrogen-bond donors (Lipinski definition) is 1. The number of nitriles is 1. The van der Waals surface area contributed by atoms with Crippen LogP contribution in [-0.4, -0.2) is 31.1 Å². The highest BCUT2D eigenvalue weighted by atomic mass is 19.1. The second kappa shape index (κ2) is 5.01. The molecule has 18 heavy (non-hydrogen) atoms. The molecule has 96 valence electrons. The Morgan fingerprint density at radius 1 is 1.28 bits per heavy atom. The zero-order valence-electron chi connectivity index (χ0n) is 10.2. The third-order valence-electron chi connectivity index (χ3n) is 3.42. The van der Waals surface area contributed by atoms with E-state index in [0.29, 0.717) is 26.2 Å². The van der Waals surface area contributed by atoms with Gasteiger partial charge >= 0.3 is 0 Å². The number of nitrogens with zero attached hydrogens (tertiary/aromatic N) is 2. The van der Waals surface area contributed by atoms with Gasteiger partial charge in [0.05, 0.1) is 11.6 Å². The van der Waals surface area contributed by atoms with Crippen LogP contribution >= 0.6 is 0 Å². The normalized spacial score (nSPS) is 20.1. The zero-order chi connectivity index (χ0) is 13.2. The van der Waals surface area contributed by atoms with Gasteiger partial charge in [-0.1, -0.05) is 6.07 Å². The van der Waals surface area contributed by atoms with Crippen LogP contribution in [-0.2, 0) is 5.54 Å². The van der Waals surface area contributed by atoms with Gasteiger partial charge < -0.3 is 5.32 Å². The van der Waals surface area contributed by atoms with E-state index in [0.717, 1.165) is 0 Å². The molecule has 1 N–H and O–H groups in total. The lowest BCUT2D eigenvalue weighted by molar-refractivity contribution is 0.125. The summed E-state index contributed by atoms with van der Waals surface area (Å²) in [7, 11) is 0. The Kier molecular flexibility index (Phi) is 3.60. The monoisotopic (exact) mass is 251 g/mol. The van der Waals surface area contributed by atoms with Gasteiger partial charge in [-0.2, -0.15) is 5.26 Å². The first-order chi connectivity index (χ1) is 8.59. The molecule has 0 spiro atoms. The highest BCUT2D eigenvalue weighted by Crippen LogP contribution is 2.31. The summed E-state index contributed by atoms with van der Waals surface area (Å²) < 4.78 is 27.7. The molecule has 0 amide bonds. The van der Waals surface area contributed by atoms with E-state index < -0.39 is 17.2 Å². The molecule has 1 aromatic carbocycles. The molecule has 1 fully saturated rings. The summed E-state index contributed by atoms with van der Waals surface area (Å²) in [5.74, 6) is -1.34. The maximum Gasteiger partial charge on any atom is 0.137 e. The van der Waals surface area contributed by atoms with Crippen molar-refractivity contribution < 1.29 is 8.78 Å². The van der Waals surface area contributed by atoms with Gasteiger partial charge in [0.15, 0.2) is 0 Å². The molecule has 1 aliphatic heterocycles. The summed E-state index contributed by atoms with van der Waals surface area (Å²) in [6.45, 7) is 4.19. The van der Waals surface area contributed by atoms with Crippen molar-refractivity contribution in [3.63, 3.8) is 0 Å². The Balaban J connectivity index is 2.46. The molecule has 1 saturated heterocycles. The molecule has 0 aliphatic carbocycles. The standard InChI is InChI=1S/C13H15F2N3/c1-13(9-16,18-7-5-17-6-8-18)12-10(14)3-2-4-11(12)15/h2-4,17H,5-8H2,1H3. The lowest BCUT2D eigenvalue weighted by Crippen LogP contribution is -2.53. The molecule has 2 rings (SSSR count).